The molecule has 1 unspecified atom stereocenters. The van der Waals surface area contributed by atoms with Gasteiger partial charge in [0.2, 0.25) is 0 Å². The summed E-state index contributed by atoms with van der Waals surface area (Å²) in [7, 11) is 1.55. The molecule has 0 fully saturated rings. The van der Waals surface area contributed by atoms with Gasteiger partial charge in [0.25, 0.3) is 0 Å². The summed E-state index contributed by atoms with van der Waals surface area (Å²) in [5.74, 6) is -0.794. The van der Waals surface area contributed by atoms with Crippen LogP contribution in [0.3, 0.4) is 0 Å². The highest BCUT2D eigenvalue weighted by molar-refractivity contribution is 5.89. The average Bonchev–Trinajstić information content (AvgIpc) is 2.73. The van der Waals surface area contributed by atoms with Gasteiger partial charge in [-0.1, -0.05) is 19.9 Å². The minimum absolute atomic E-state index is 0.458. The van der Waals surface area contributed by atoms with Gasteiger partial charge in [0, 0.05) is 18.3 Å². The second-order valence-electron chi connectivity index (χ2n) is 6.73. The van der Waals surface area contributed by atoms with Crippen LogP contribution in [0, 0.1) is 11.6 Å². The van der Waals surface area contributed by atoms with Crippen molar-refractivity contribution in [1.82, 2.24) is 10.2 Å². The van der Waals surface area contributed by atoms with Crippen molar-refractivity contribution in [3.05, 3.63) is 53.6 Å². The summed E-state index contributed by atoms with van der Waals surface area (Å²) in [4.78, 5) is 14.6. The molecule has 1 atom stereocenters. The third-order valence-electron chi connectivity index (χ3n) is 4.77. The van der Waals surface area contributed by atoms with Crippen molar-refractivity contribution in [3.8, 4) is 11.5 Å². The first-order valence-corrected chi connectivity index (χ1v) is 9.93. The lowest BCUT2D eigenvalue weighted by atomic mass is 10.1. The highest BCUT2D eigenvalue weighted by atomic mass is 19.2. The highest BCUT2D eigenvalue weighted by Gasteiger charge is 2.13. The molecule has 0 aliphatic rings. The molecule has 2 amide bonds. The van der Waals surface area contributed by atoms with Gasteiger partial charge >= 0.3 is 6.03 Å². The van der Waals surface area contributed by atoms with E-state index < -0.39 is 23.7 Å². The topological polar surface area (TPSA) is 62.8 Å². The van der Waals surface area contributed by atoms with Gasteiger partial charge in [-0.05, 0) is 49.8 Å². The number of anilines is 1. The van der Waals surface area contributed by atoms with Crippen molar-refractivity contribution in [1.29, 1.82) is 0 Å². The van der Waals surface area contributed by atoms with Crippen LogP contribution in [0.4, 0.5) is 19.3 Å². The second kappa shape index (κ2) is 11.3. The smallest absolute Gasteiger partial charge is 0.319 e. The van der Waals surface area contributed by atoms with Gasteiger partial charge in [-0.2, -0.15) is 0 Å². The number of nitrogens with zero attached hydrogens (tertiary/aromatic N) is 1. The first-order chi connectivity index (χ1) is 14.4. The lowest BCUT2D eigenvalue weighted by Crippen LogP contribution is -2.31. The Morgan fingerprint density at radius 1 is 1.07 bits per heavy atom. The molecule has 0 radical (unpaired) electrons. The fraction of sp³-hybridized carbons (Fsp3) is 0.409. The third kappa shape index (κ3) is 6.59. The molecule has 2 aromatic carbocycles. The summed E-state index contributed by atoms with van der Waals surface area (Å²) in [6.07, 6.45) is 0. The van der Waals surface area contributed by atoms with Crippen LogP contribution in [-0.4, -0.2) is 44.3 Å². The fourth-order valence-electron chi connectivity index (χ4n) is 2.92. The summed E-state index contributed by atoms with van der Waals surface area (Å²) in [5.41, 5.74) is 0.975. The monoisotopic (exact) mass is 421 g/mol. The van der Waals surface area contributed by atoms with Gasteiger partial charge < -0.3 is 25.0 Å². The predicted molar refractivity (Wildman–Crippen MR) is 113 cm³/mol. The molecular weight excluding hydrogens is 392 g/mol. The van der Waals surface area contributed by atoms with E-state index in [4.69, 9.17) is 9.47 Å². The van der Waals surface area contributed by atoms with Crippen LogP contribution in [0.2, 0.25) is 0 Å². The molecular formula is C22H29F2N3O3. The number of carbonyl (C=O) groups excluding carboxylic acids is 1. The fourth-order valence-corrected chi connectivity index (χ4v) is 2.92. The predicted octanol–water partition coefficient (Wildman–Crippen LogP) is 4.58. The number of ether oxygens (including phenoxy) is 2. The van der Waals surface area contributed by atoms with Crippen LogP contribution in [0.15, 0.2) is 36.4 Å². The lowest BCUT2D eigenvalue weighted by molar-refractivity contribution is 0.217. The minimum atomic E-state index is -0.955. The molecule has 2 N–H and O–H groups in total. The number of hydrogen-bond donors (Lipinski definition) is 2. The third-order valence-corrected chi connectivity index (χ3v) is 4.77. The first kappa shape index (κ1) is 23.4. The van der Waals surface area contributed by atoms with E-state index >= 15 is 0 Å². The molecule has 0 heterocycles. The zero-order chi connectivity index (χ0) is 22.1. The highest BCUT2D eigenvalue weighted by Crippen LogP contribution is 2.30. The molecule has 0 spiro atoms. The number of hydrogen-bond acceptors (Lipinski definition) is 4. The molecule has 0 saturated heterocycles. The molecule has 2 rings (SSSR count). The Hall–Kier alpha value is -2.87. The molecule has 0 aromatic heterocycles. The zero-order valence-electron chi connectivity index (χ0n) is 17.8. The Balaban J connectivity index is 1.99. The Labute approximate surface area is 176 Å². The van der Waals surface area contributed by atoms with Gasteiger partial charge in [-0.15, -0.1) is 0 Å². The van der Waals surface area contributed by atoms with Gasteiger partial charge in [-0.3, -0.25) is 0 Å². The number of likely N-dealkylation sites (N-methyl/N-ethyl adjacent to an activating group) is 1. The van der Waals surface area contributed by atoms with E-state index in [-0.39, 0.29) is 0 Å². The SMILES string of the molecule is CCN(CC)CCOc1cc(NC(=O)NC(C)c2ccc(F)c(F)c2)ccc1OC. The van der Waals surface area contributed by atoms with Crippen LogP contribution in [0.25, 0.3) is 0 Å². The lowest BCUT2D eigenvalue weighted by Gasteiger charge is -2.19. The van der Waals surface area contributed by atoms with E-state index in [1.54, 1.807) is 32.2 Å². The van der Waals surface area contributed by atoms with Crippen molar-refractivity contribution < 1.29 is 23.0 Å². The van der Waals surface area contributed by atoms with Crippen molar-refractivity contribution >= 4 is 11.7 Å². The van der Waals surface area contributed by atoms with Crippen LogP contribution in [0.1, 0.15) is 32.4 Å². The maximum absolute atomic E-state index is 13.4. The summed E-state index contributed by atoms with van der Waals surface area (Å²) in [5, 5.41) is 5.41. The van der Waals surface area contributed by atoms with E-state index in [2.05, 4.69) is 29.4 Å². The minimum Gasteiger partial charge on any atom is -0.493 e. The van der Waals surface area contributed by atoms with Crippen molar-refractivity contribution in [2.45, 2.75) is 26.8 Å². The van der Waals surface area contributed by atoms with Gasteiger partial charge in [0.1, 0.15) is 6.61 Å². The van der Waals surface area contributed by atoms with E-state index in [1.165, 1.54) is 6.07 Å². The number of carbonyl (C=O) groups is 1. The molecule has 0 aliphatic heterocycles. The standard InChI is InChI=1S/C22H29F2N3O3/c1-5-27(6-2)11-12-30-21-14-17(8-10-20(21)29-4)26-22(28)25-15(3)16-7-9-18(23)19(24)13-16/h7-10,13-15H,5-6,11-12H2,1-4H3,(H2,25,26,28). The maximum atomic E-state index is 13.4. The second-order valence-corrected chi connectivity index (χ2v) is 6.73. The van der Waals surface area contributed by atoms with Crippen LogP contribution < -0.4 is 20.1 Å². The Morgan fingerprint density at radius 3 is 2.43 bits per heavy atom. The largest absolute Gasteiger partial charge is 0.493 e. The van der Waals surface area contributed by atoms with Crippen molar-refractivity contribution in [2.24, 2.45) is 0 Å². The molecule has 0 aliphatic carbocycles. The van der Waals surface area contributed by atoms with Gasteiger partial charge in [0.15, 0.2) is 23.1 Å². The number of amides is 2. The molecule has 0 saturated carbocycles. The van der Waals surface area contributed by atoms with E-state index in [9.17, 15) is 13.6 Å². The number of urea groups is 1. The normalized spacial score (nSPS) is 11.8. The summed E-state index contributed by atoms with van der Waals surface area (Å²) in [6, 6.07) is 7.62. The van der Waals surface area contributed by atoms with Crippen molar-refractivity contribution in [3.63, 3.8) is 0 Å². The number of benzene rings is 2. The molecule has 6 nitrogen and oxygen atoms in total. The summed E-state index contributed by atoms with van der Waals surface area (Å²) < 4.78 is 37.7. The quantitative estimate of drug-likeness (QED) is 0.590. The number of methoxy groups -OCH3 is 1. The molecule has 8 heteroatoms. The van der Waals surface area contributed by atoms with Crippen molar-refractivity contribution in [2.75, 3.05) is 38.7 Å². The number of halogens is 2. The Kier molecular flexibility index (Phi) is 8.86. The average molecular weight is 421 g/mol. The number of rotatable bonds is 10. The zero-order valence-corrected chi connectivity index (χ0v) is 17.8. The Morgan fingerprint density at radius 2 is 1.80 bits per heavy atom. The van der Waals surface area contributed by atoms with Crippen LogP contribution in [-0.2, 0) is 0 Å². The summed E-state index contributed by atoms with van der Waals surface area (Å²) >= 11 is 0. The Bertz CT molecular complexity index is 844. The number of nitrogens with one attached hydrogen (secondary N) is 2. The van der Waals surface area contributed by atoms with Gasteiger partial charge in [0.05, 0.1) is 13.2 Å². The van der Waals surface area contributed by atoms with Crippen LogP contribution >= 0.6 is 0 Å². The first-order valence-electron chi connectivity index (χ1n) is 9.93. The molecule has 0 bridgehead atoms. The van der Waals surface area contributed by atoms with E-state index in [1.807, 2.05) is 0 Å². The molecule has 164 valence electrons. The van der Waals surface area contributed by atoms with Crippen LogP contribution in [0.5, 0.6) is 11.5 Å². The van der Waals surface area contributed by atoms with Gasteiger partial charge in [-0.25, -0.2) is 13.6 Å². The molecule has 2 aromatic rings. The molecule has 30 heavy (non-hydrogen) atoms. The van der Waals surface area contributed by atoms with E-state index in [0.717, 1.165) is 31.8 Å². The maximum Gasteiger partial charge on any atom is 0.319 e. The summed E-state index contributed by atoms with van der Waals surface area (Å²) in [6.45, 7) is 9.01. The van der Waals surface area contributed by atoms with E-state index in [0.29, 0.717) is 29.4 Å².